The molecule has 4 rings (SSSR count). The predicted molar refractivity (Wildman–Crippen MR) is 94.7 cm³/mol. The largest absolute Gasteiger partial charge is 0.457 e. The first-order chi connectivity index (χ1) is 12.7. The maximum absolute atomic E-state index is 12.3. The van der Waals surface area contributed by atoms with E-state index in [2.05, 4.69) is 0 Å². The maximum Gasteiger partial charge on any atom is 0.285 e. The summed E-state index contributed by atoms with van der Waals surface area (Å²) in [5.74, 6) is 0.496. The molecule has 0 spiro atoms. The molecule has 1 heterocycles. The van der Waals surface area contributed by atoms with E-state index in [9.17, 15) is 9.59 Å². The van der Waals surface area contributed by atoms with Gasteiger partial charge in [-0.1, -0.05) is 42.5 Å². The van der Waals surface area contributed by atoms with Crippen LogP contribution in [-0.4, -0.2) is 16.9 Å². The maximum atomic E-state index is 12.3. The standard InChI is InChI=1S/C21H15NO4/c23-20-18-11-4-5-12-19(18)21(24)22(20)25-14-15-7-6-10-17(13-15)26-16-8-2-1-3-9-16/h1-13H,14H2. The number of amides is 2. The van der Waals surface area contributed by atoms with Crippen LogP contribution in [0.1, 0.15) is 26.3 Å². The van der Waals surface area contributed by atoms with E-state index in [1.54, 1.807) is 24.3 Å². The highest BCUT2D eigenvalue weighted by Crippen LogP contribution is 2.25. The summed E-state index contributed by atoms with van der Waals surface area (Å²) in [6, 6.07) is 23.4. The summed E-state index contributed by atoms with van der Waals surface area (Å²) in [5, 5.41) is 0.815. The Balaban J connectivity index is 1.45. The molecule has 128 valence electrons. The van der Waals surface area contributed by atoms with Crippen molar-refractivity contribution in [2.75, 3.05) is 0 Å². The second kappa shape index (κ2) is 6.82. The fraction of sp³-hybridized carbons (Fsp3) is 0.0476. The van der Waals surface area contributed by atoms with Crippen LogP contribution >= 0.6 is 0 Å². The van der Waals surface area contributed by atoms with E-state index in [1.807, 2.05) is 54.6 Å². The number of nitrogens with zero attached hydrogens (tertiary/aromatic N) is 1. The Morgan fingerprint density at radius 3 is 2.00 bits per heavy atom. The number of carbonyl (C=O) groups excluding carboxylic acids is 2. The molecule has 2 amide bonds. The highest BCUT2D eigenvalue weighted by molar-refractivity contribution is 6.20. The smallest absolute Gasteiger partial charge is 0.285 e. The van der Waals surface area contributed by atoms with Crippen molar-refractivity contribution in [3.8, 4) is 11.5 Å². The molecule has 0 unspecified atom stereocenters. The predicted octanol–water partition coefficient (Wildman–Crippen LogP) is 4.21. The van der Waals surface area contributed by atoms with Crippen molar-refractivity contribution in [2.24, 2.45) is 0 Å². The molecule has 3 aromatic carbocycles. The van der Waals surface area contributed by atoms with Crippen LogP contribution in [0.5, 0.6) is 11.5 Å². The van der Waals surface area contributed by atoms with E-state index in [-0.39, 0.29) is 6.61 Å². The highest BCUT2D eigenvalue weighted by atomic mass is 16.7. The second-order valence-electron chi connectivity index (χ2n) is 5.79. The van der Waals surface area contributed by atoms with Crippen LogP contribution in [0.2, 0.25) is 0 Å². The molecule has 0 N–H and O–H groups in total. The van der Waals surface area contributed by atoms with Gasteiger partial charge in [-0.2, -0.15) is 0 Å². The fourth-order valence-electron chi connectivity index (χ4n) is 2.75. The van der Waals surface area contributed by atoms with Crippen molar-refractivity contribution < 1.29 is 19.2 Å². The van der Waals surface area contributed by atoms with E-state index >= 15 is 0 Å². The molecule has 0 radical (unpaired) electrons. The Kier molecular flexibility index (Phi) is 4.21. The molecule has 0 atom stereocenters. The van der Waals surface area contributed by atoms with Crippen molar-refractivity contribution in [3.05, 3.63) is 95.6 Å². The zero-order chi connectivity index (χ0) is 17.9. The lowest BCUT2D eigenvalue weighted by Crippen LogP contribution is -2.29. The topological polar surface area (TPSA) is 55.8 Å². The summed E-state index contributed by atoms with van der Waals surface area (Å²) in [6.45, 7) is 0.0808. The Bertz CT molecular complexity index is 934. The van der Waals surface area contributed by atoms with Gasteiger partial charge in [0, 0.05) is 0 Å². The van der Waals surface area contributed by atoms with Crippen LogP contribution < -0.4 is 4.74 Å². The van der Waals surface area contributed by atoms with Gasteiger partial charge in [0.25, 0.3) is 11.8 Å². The second-order valence-corrected chi connectivity index (χ2v) is 5.79. The van der Waals surface area contributed by atoms with Crippen molar-refractivity contribution >= 4 is 11.8 Å². The normalized spacial score (nSPS) is 13.0. The van der Waals surface area contributed by atoms with Gasteiger partial charge >= 0.3 is 0 Å². The average molecular weight is 345 g/mol. The molecule has 0 bridgehead atoms. The van der Waals surface area contributed by atoms with E-state index in [4.69, 9.17) is 9.57 Å². The third-order valence-corrected chi connectivity index (χ3v) is 3.99. The van der Waals surface area contributed by atoms with E-state index < -0.39 is 11.8 Å². The first-order valence-electron chi connectivity index (χ1n) is 8.15. The van der Waals surface area contributed by atoms with Crippen molar-refractivity contribution in [2.45, 2.75) is 6.61 Å². The number of carbonyl (C=O) groups is 2. The Labute approximate surface area is 150 Å². The van der Waals surface area contributed by atoms with E-state index in [0.29, 0.717) is 16.9 Å². The molecule has 1 aliphatic rings. The Morgan fingerprint density at radius 1 is 0.692 bits per heavy atom. The molecule has 0 saturated heterocycles. The third kappa shape index (κ3) is 3.08. The number of hydrogen-bond donors (Lipinski definition) is 0. The lowest BCUT2D eigenvalue weighted by atomic mass is 10.1. The van der Waals surface area contributed by atoms with Gasteiger partial charge in [-0.3, -0.25) is 14.4 Å². The minimum Gasteiger partial charge on any atom is -0.457 e. The first kappa shape index (κ1) is 16.1. The summed E-state index contributed by atoms with van der Waals surface area (Å²) in [6.07, 6.45) is 0. The van der Waals surface area contributed by atoms with Crippen molar-refractivity contribution in [3.63, 3.8) is 0 Å². The fourth-order valence-corrected chi connectivity index (χ4v) is 2.75. The zero-order valence-electron chi connectivity index (χ0n) is 13.8. The highest BCUT2D eigenvalue weighted by Gasteiger charge is 2.36. The molecule has 0 saturated carbocycles. The summed E-state index contributed by atoms with van der Waals surface area (Å²) in [5.41, 5.74) is 1.51. The summed E-state index contributed by atoms with van der Waals surface area (Å²) >= 11 is 0. The molecule has 0 aliphatic carbocycles. The molecule has 26 heavy (non-hydrogen) atoms. The number of imide groups is 1. The van der Waals surface area contributed by atoms with Gasteiger partial charge in [-0.25, -0.2) is 0 Å². The molecular weight excluding hydrogens is 330 g/mol. The van der Waals surface area contributed by atoms with Gasteiger partial charge in [0.1, 0.15) is 18.1 Å². The number of para-hydroxylation sites is 1. The van der Waals surface area contributed by atoms with Crippen molar-refractivity contribution in [1.29, 1.82) is 0 Å². The third-order valence-electron chi connectivity index (χ3n) is 3.99. The lowest BCUT2D eigenvalue weighted by molar-refractivity contribution is -0.101. The van der Waals surface area contributed by atoms with E-state index in [0.717, 1.165) is 16.4 Å². The first-order valence-corrected chi connectivity index (χ1v) is 8.15. The quantitative estimate of drug-likeness (QED) is 0.650. The minimum absolute atomic E-state index is 0.0808. The van der Waals surface area contributed by atoms with Crippen LogP contribution in [0.3, 0.4) is 0 Å². The number of rotatable bonds is 5. The lowest BCUT2D eigenvalue weighted by Gasteiger charge is -2.14. The molecule has 3 aromatic rings. The van der Waals surface area contributed by atoms with Crippen LogP contribution in [0, 0.1) is 0 Å². The molecule has 5 nitrogen and oxygen atoms in total. The summed E-state index contributed by atoms with van der Waals surface area (Å²) < 4.78 is 5.78. The summed E-state index contributed by atoms with van der Waals surface area (Å²) in [4.78, 5) is 30.1. The van der Waals surface area contributed by atoms with Gasteiger partial charge in [-0.05, 0) is 42.0 Å². The molecular formula is C21H15NO4. The van der Waals surface area contributed by atoms with Crippen molar-refractivity contribution in [1.82, 2.24) is 5.06 Å². The molecule has 1 aliphatic heterocycles. The number of benzene rings is 3. The Hall–Kier alpha value is -3.44. The van der Waals surface area contributed by atoms with Crippen LogP contribution in [0.25, 0.3) is 0 Å². The number of hydroxylamine groups is 2. The van der Waals surface area contributed by atoms with Crippen LogP contribution in [0.15, 0.2) is 78.9 Å². The van der Waals surface area contributed by atoms with E-state index in [1.165, 1.54) is 0 Å². The number of fused-ring (bicyclic) bond motifs is 1. The van der Waals surface area contributed by atoms with Gasteiger partial charge in [0.2, 0.25) is 0 Å². The molecule has 5 heteroatoms. The summed E-state index contributed by atoms with van der Waals surface area (Å²) in [7, 11) is 0. The van der Waals surface area contributed by atoms with Gasteiger partial charge in [0.15, 0.2) is 0 Å². The van der Waals surface area contributed by atoms with Crippen LogP contribution in [-0.2, 0) is 11.4 Å². The monoisotopic (exact) mass is 345 g/mol. The average Bonchev–Trinajstić information content (AvgIpc) is 2.92. The minimum atomic E-state index is -0.442. The Morgan fingerprint density at radius 2 is 1.31 bits per heavy atom. The van der Waals surface area contributed by atoms with Gasteiger partial charge < -0.3 is 4.74 Å². The SMILES string of the molecule is O=C1c2ccccc2C(=O)N1OCc1cccc(Oc2ccccc2)c1. The zero-order valence-corrected chi connectivity index (χ0v) is 13.8. The molecule has 0 fully saturated rings. The van der Waals surface area contributed by atoms with Gasteiger partial charge in [-0.15, -0.1) is 5.06 Å². The molecule has 0 aromatic heterocycles. The number of hydrogen-bond acceptors (Lipinski definition) is 4. The van der Waals surface area contributed by atoms with Crippen LogP contribution in [0.4, 0.5) is 0 Å². The number of ether oxygens (including phenoxy) is 1. The van der Waals surface area contributed by atoms with Gasteiger partial charge in [0.05, 0.1) is 11.1 Å².